The lowest BCUT2D eigenvalue weighted by Gasteiger charge is -2.14. The van der Waals surface area contributed by atoms with Crippen LogP contribution in [-0.4, -0.2) is 35.0 Å². The van der Waals surface area contributed by atoms with E-state index in [9.17, 15) is 24.5 Å². The van der Waals surface area contributed by atoms with Crippen molar-refractivity contribution in [2.45, 2.75) is 17.1 Å². The molecule has 0 heterocycles. The summed E-state index contributed by atoms with van der Waals surface area (Å²) in [5, 5.41) is 18.6. The van der Waals surface area contributed by atoms with E-state index >= 15 is 0 Å². The number of nitro benzene ring substituents is 1. The third-order valence-corrected chi connectivity index (χ3v) is 7.18. The number of anilines is 2. The highest BCUT2D eigenvalue weighted by atomic mass is 32.2. The van der Waals surface area contributed by atoms with Gasteiger partial charge in [-0.3, -0.25) is 24.5 Å². The summed E-state index contributed by atoms with van der Waals surface area (Å²) in [6, 6.07) is 28.2. The third-order valence-electron chi connectivity index (χ3n) is 6.09. The standard InChI is InChI=1S/C32H28N4O6S/c1-21(30(37)33-24-15-17-26(18-16-24)36(40)41)43-27-13-8-12-25(20-27)34-32(39)28(19-23-11-6-7-14-29(23)42-2)35-31(38)22-9-4-3-5-10-22/h3-21H,1-2H3,(H,33,37)(H,34,39)(H,35,38)/b28-19+. The van der Waals surface area contributed by atoms with Crippen LogP contribution in [0, 0.1) is 10.1 Å². The van der Waals surface area contributed by atoms with E-state index in [-0.39, 0.29) is 17.3 Å². The van der Waals surface area contributed by atoms with Crippen LogP contribution in [0.3, 0.4) is 0 Å². The molecule has 0 aliphatic carbocycles. The lowest BCUT2D eigenvalue weighted by Crippen LogP contribution is -2.30. The van der Waals surface area contributed by atoms with Gasteiger partial charge in [-0.05, 0) is 61.5 Å². The summed E-state index contributed by atoms with van der Waals surface area (Å²) in [4.78, 5) is 50.2. The number of para-hydroxylation sites is 1. The number of carbonyl (C=O) groups excluding carboxylic acids is 3. The zero-order valence-electron chi connectivity index (χ0n) is 23.3. The summed E-state index contributed by atoms with van der Waals surface area (Å²) in [5.74, 6) is -0.768. The number of methoxy groups -OCH3 is 1. The molecule has 3 amide bonds. The Morgan fingerprint density at radius 3 is 2.26 bits per heavy atom. The van der Waals surface area contributed by atoms with Crippen molar-refractivity contribution in [1.29, 1.82) is 0 Å². The zero-order valence-corrected chi connectivity index (χ0v) is 24.1. The number of nitrogens with zero attached hydrogens (tertiary/aromatic N) is 1. The maximum Gasteiger partial charge on any atom is 0.272 e. The first-order chi connectivity index (χ1) is 20.7. The number of non-ortho nitro benzene ring substituents is 1. The number of nitro groups is 1. The van der Waals surface area contributed by atoms with Crippen molar-refractivity contribution < 1.29 is 24.0 Å². The van der Waals surface area contributed by atoms with E-state index in [0.29, 0.717) is 33.1 Å². The van der Waals surface area contributed by atoms with E-state index < -0.39 is 22.0 Å². The molecule has 4 rings (SSSR count). The van der Waals surface area contributed by atoms with Gasteiger partial charge in [-0.25, -0.2) is 0 Å². The molecular weight excluding hydrogens is 568 g/mol. The van der Waals surface area contributed by atoms with Gasteiger partial charge >= 0.3 is 0 Å². The number of hydrogen-bond acceptors (Lipinski definition) is 7. The summed E-state index contributed by atoms with van der Waals surface area (Å²) in [6.45, 7) is 1.73. The van der Waals surface area contributed by atoms with Crippen molar-refractivity contribution in [3.8, 4) is 5.75 Å². The number of benzene rings is 4. The number of hydrogen-bond donors (Lipinski definition) is 3. The molecule has 3 N–H and O–H groups in total. The molecule has 0 aliphatic rings. The smallest absolute Gasteiger partial charge is 0.272 e. The van der Waals surface area contributed by atoms with Crippen molar-refractivity contribution in [1.82, 2.24) is 5.32 Å². The van der Waals surface area contributed by atoms with E-state index in [1.165, 1.54) is 49.2 Å². The molecule has 1 atom stereocenters. The molecule has 4 aromatic carbocycles. The monoisotopic (exact) mass is 596 g/mol. The quantitative estimate of drug-likeness (QED) is 0.0819. The predicted octanol–water partition coefficient (Wildman–Crippen LogP) is 6.13. The van der Waals surface area contributed by atoms with Gasteiger partial charge in [-0.1, -0.05) is 42.5 Å². The molecule has 4 aromatic rings. The topological polar surface area (TPSA) is 140 Å². The molecule has 0 aromatic heterocycles. The van der Waals surface area contributed by atoms with Crippen LogP contribution in [0.2, 0.25) is 0 Å². The number of ether oxygens (including phenoxy) is 1. The summed E-state index contributed by atoms with van der Waals surface area (Å²) in [7, 11) is 1.52. The van der Waals surface area contributed by atoms with Crippen LogP contribution in [0.5, 0.6) is 5.75 Å². The highest BCUT2D eigenvalue weighted by molar-refractivity contribution is 8.00. The molecule has 0 radical (unpaired) electrons. The van der Waals surface area contributed by atoms with Crippen LogP contribution in [0.1, 0.15) is 22.8 Å². The first-order valence-corrected chi connectivity index (χ1v) is 14.0. The molecule has 0 bridgehead atoms. The summed E-state index contributed by atoms with van der Waals surface area (Å²) in [6.07, 6.45) is 1.54. The zero-order chi connectivity index (χ0) is 30.8. The molecular formula is C32H28N4O6S. The molecule has 0 fully saturated rings. The summed E-state index contributed by atoms with van der Waals surface area (Å²) >= 11 is 1.27. The van der Waals surface area contributed by atoms with Crippen molar-refractivity contribution in [3.63, 3.8) is 0 Å². The van der Waals surface area contributed by atoms with Gasteiger partial charge in [0.25, 0.3) is 17.5 Å². The molecule has 0 saturated carbocycles. The molecule has 43 heavy (non-hydrogen) atoms. The number of amides is 3. The molecule has 0 spiro atoms. The SMILES string of the molecule is COc1ccccc1/C=C(/NC(=O)c1ccccc1)C(=O)Nc1cccc(SC(C)C(=O)Nc2ccc([N+](=O)[O-])cc2)c1. The Morgan fingerprint density at radius 1 is 0.860 bits per heavy atom. The van der Waals surface area contributed by atoms with E-state index in [0.717, 1.165) is 0 Å². The second-order valence-electron chi connectivity index (χ2n) is 9.16. The van der Waals surface area contributed by atoms with Crippen LogP contribution >= 0.6 is 11.8 Å². The Balaban J connectivity index is 1.48. The number of thioether (sulfide) groups is 1. The van der Waals surface area contributed by atoms with E-state index in [1.807, 2.05) is 0 Å². The number of carbonyl (C=O) groups is 3. The second-order valence-corrected chi connectivity index (χ2v) is 10.6. The van der Waals surface area contributed by atoms with Gasteiger partial charge in [-0.2, -0.15) is 0 Å². The van der Waals surface area contributed by atoms with Gasteiger partial charge in [0, 0.05) is 39.5 Å². The van der Waals surface area contributed by atoms with Gasteiger partial charge in [-0.15, -0.1) is 11.8 Å². The van der Waals surface area contributed by atoms with Crippen LogP contribution < -0.4 is 20.7 Å². The second kappa shape index (κ2) is 14.5. The highest BCUT2D eigenvalue weighted by Gasteiger charge is 2.18. The molecule has 11 heteroatoms. The van der Waals surface area contributed by atoms with Gasteiger partial charge < -0.3 is 20.7 Å². The summed E-state index contributed by atoms with van der Waals surface area (Å²) in [5.41, 5.74) is 1.82. The van der Waals surface area contributed by atoms with Crippen molar-refractivity contribution >= 4 is 52.6 Å². The minimum Gasteiger partial charge on any atom is -0.496 e. The van der Waals surface area contributed by atoms with Gasteiger partial charge in [0.1, 0.15) is 11.4 Å². The normalized spacial score (nSPS) is 11.6. The fourth-order valence-electron chi connectivity index (χ4n) is 3.90. The molecule has 10 nitrogen and oxygen atoms in total. The van der Waals surface area contributed by atoms with Crippen LogP contribution in [-0.2, 0) is 9.59 Å². The highest BCUT2D eigenvalue weighted by Crippen LogP contribution is 2.27. The Morgan fingerprint density at radius 2 is 1.56 bits per heavy atom. The Labute approximate surface area is 252 Å². The largest absolute Gasteiger partial charge is 0.496 e. The van der Waals surface area contributed by atoms with Gasteiger partial charge in [0.15, 0.2) is 0 Å². The first kappa shape index (κ1) is 30.5. The van der Waals surface area contributed by atoms with Crippen molar-refractivity contribution in [3.05, 3.63) is 130 Å². The lowest BCUT2D eigenvalue weighted by molar-refractivity contribution is -0.384. The van der Waals surface area contributed by atoms with Crippen molar-refractivity contribution in [2.75, 3.05) is 17.7 Å². The van der Waals surface area contributed by atoms with E-state index in [2.05, 4.69) is 16.0 Å². The average Bonchev–Trinajstić information content (AvgIpc) is 3.01. The maximum absolute atomic E-state index is 13.4. The lowest BCUT2D eigenvalue weighted by atomic mass is 10.1. The minimum atomic E-state index is -0.554. The Hall–Kier alpha value is -5.42. The van der Waals surface area contributed by atoms with E-state index in [1.54, 1.807) is 85.8 Å². The van der Waals surface area contributed by atoms with Crippen molar-refractivity contribution in [2.24, 2.45) is 0 Å². The number of nitrogens with one attached hydrogen (secondary N) is 3. The Kier molecular flexibility index (Phi) is 10.3. The number of rotatable bonds is 11. The molecule has 0 aliphatic heterocycles. The van der Waals surface area contributed by atoms with Gasteiger partial charge in [0.2, 0.25) is 5.91 Å². The summed E-state index contributed by atoms with van der Waals surface area (Å²) < 4.78 is 5.41. The molecule has 1 unspecified atom stereocenters. The van der Waals surface area contributed by atoms with E-state index in [4.69, 9.17) is 4.74 Å². The fourth-order valence-corrected chi connectivity index (χ4v) is 4.82. The van der Waals surface area contributed by atoms with Crippen LogP contribution in [0.4, 0.5) is 17.1 Å². The third kappa shape index (κ3) is 8.54. The van der Waals surface area contributed by atoms with Crippen LogP contribution in [0.25, 0.3) is 6.08 Å². The van der Waals surface area contributed by atoms with Gasteiger partial charge in [0.05, 0.1) is 17.3 Å². The maximum atomic E-state index is 13.4. The molecule has 0 saturated heterocycles. The minimum absolute atomic E-state index is 0.00672. The Bertz CT molecular complexity index is 1660. The average molecular weight is 597 g/mol. The first-order valence-electron chi connectivity index (χ1n) is 13.1. The predicted molar refractivity (Wildman–Crippen MR) is 167 cm³/mol. The van der Waals surface area contributed by atoms with Crippen LogP contribution in [0.15, 0.2) is 114 Å². The fraction of sp³-hybridized carbons (Fsp3) is 0.0938. The molecule has 218 valence electrons.